The van der Waals surface area contributed by atoms with Gasteiger partial charge in [0, 0.05) is 43.9 Å². The Kier molecular flexibility index (Phi) is 7.79. The van der Waals surface area contributed by atoms with E-state index in [1.807, 2.05) is 0 Å². The van der Waals surface area contributed by atoms with Gasteiger partial charge in [-0.15, -0.1) is 0 Å². The van der Waals surface area contributed by atoms with Crippen LogP contribution in [0.2, 0.25) is 0 Å². The summed E-state index contributed by atoms with van der Waals surface area (Å²) in [5.74, 6) is 3.41. The molecule has 0 amide bonds. The van der Waals surface area contributed by atoms with Gasteiger partial charge >= 0.3 is 0 Å². The number of carbonyl (C=O) groups is 1. The molecule has 0 spiro atoms. The number of hydrogen-bond acceptors (Lipinski definition) is 3. The average Bonchev–Trinajstić information content (AvgIpc) is 2.89. The molecule has 4 atom stereocenters. The fourth-order valence-corrected chi connectivity index (χ4v) is 6.72. The van der Waals surface area contributed by atoms with E-state index < -0.39 is 0 Å². The summed E-state index contributed by atoms with van der Waals surface area (Å²) < 4.78 is 5.45. The first kappa shape index (κ1) is 23.7. The minimum absolute atomic E-state index is 0.387. The van der Waals surface area contributed by atoms with Gasteiger partial charge in [-0.05, 0) is 91.7 Å². The number of nitrogens with zero attached hydrogens (tertiary/aromatic N) is 1. The largest absolute Gasteiger partial charge is 0.381 e. The molecule has 0 aromatic heterocycles. The third-order valence-corrected chi connectivity index (χ3v) is 8.78. The van der Waals surface area contributed by atoms with E-state index in [0.717, 1.165) is 32.5 Å². The van der Waals surface area contributed by atoms with E-state index in [4.69, 9.17) is 9.73 Å². The number of fused-ring (bicyclic) bond motifs is 1. The van der Waals surface area contributed by atoms with Gasteiger partial charge in [0.05, 0.1) is 0 Å². The second-order valence-electron chi connectivity index (χ2n) is 11.2. The van der Waals surface area contributed by atoms with E-state index >= 15 is 0 Å². The smallest absolute Gasteiger partial charge is 0.137 e. The van der Waals surface area contributed by atoms with E-state index in [2.05, 4.69) is 49.6 Å². The fraction of sp³-hybridized carbons (Fsp3) is 0.613. The number of Topliss-reactive ketones (excluding diaryl/α,β-unsaturated/α-hetero) is 1. The molecule has 1 saturated heterocycles. The van der Waals surface area contributed by atoms with Crippen LogP contribution >= 0.6 is 0 Å². The Morgan fingerprint density at radius 3 is 2.82 bits per heavy atom. The lowest BCUT2D eigenvalue weighted by Crippen LogP contribution is -2.25. The van der Waals surface area contributed by atoms with Gasteiger partial charge < -0.3 is 4.74 Å². The van der Waals surface area contributed by atoms with E-state index in [1.54, 1.807) is 0 Å². The zero-order chi connectivity index (χ0) is 23.3. The van der Waals surface area contributed by atoms with Crippen molar-refractivity contribution in [3.05, 3.63) is 58.8 Å². The van der Waals surface area contributed by atoms with Gasteiger partial charge in [-0.2, -0.15) is 0 Å². The molecule has 5 rings (SSSR count). The van der Waals surface area contributed by atoms with Gasteiger partial charge in [0.15, 0.2) is 0 Å². The van der Waals surface area contributed by atoms with Crippen LogP contribution < -0.4 is 0 Å². The molecule has 2 aliphatic carbocycles. The molecule has 1 aromatic rings. The molecule has 2 fully saturated rings. The molecule has 3 heteroatoms. The summed E-state index contributed by atoms with van der Waals surface area (Å²) in [6, 6.07) is 8.93. The number of aliphatic imine (C=N–C) groups is 1. The number of ether oxygens (including phenoxy) is 1. The number of benzene rings is 1. The number of ketones is 1. The maximum absolute atomic E-state index is 12.7. The summed E-state index contributed by atoms with van der Waals surface area (Å²) in [5, 5.41) is 0. The number of carbonyl (C=O) groups excluding carboxylic acids is 1. The van der Waals surface area contributed by atoms with Gasteiger partial charge in [0.1, 0.15) is 5.78 Å². The lowest BCUT2D eigenvalue weighted by atomic mass is 9.71. The van der Waals surface area contributed by atoms with E-state index in [0.29, 0.717) is 48.2 Å². The second kappa shape index (κ2) is 11.2. The molecular formula is C31H41NO2. The van der Waals surface area contributed by atoms with Crippen LogP contribution in [0.3, 0.4) is 0 Å². The van der Waals surface area contributed by atoms with E-state index in [-0.39, 0.29) is 0 Å². The maximum Gasteiger partial charge on any atom is 0.137 e. The van der Waals surface area contributed by atoms with Crippen LogP contribution in [-0.4, -0.2) is 25.2 Å². The van der Waals surface area contributed by atoms with Crippen molar-refractivity contribution in [1.82, 2.24) is 0 Å². The third kappa shape index (κ3) is 5.62. The molecule has 1 saturated carbocycles. The van der Waals surface area contributed by atoms with Crippen molar-refractivity contribution >= 4 is 12.0 Å². The Morgan fingerprint density at radius 2 is 1.94 bits per heavy atom. The zero-order valence-corrected chi connectivity index (χ0v) is 20.9. The number of rotatable bonds is 7. The first-order chi connectivity index (χ1) is 16.7. The first-order valence-corrected chi connectivity index (χ1v) is 13.8. The van der Waals surface area contributed by atoms with Crippen molar-refractivity contribution in [2.45, 2.75) is 83.5 Å². The molecule has 1 aromatic carbocycles. The van der Waals surface area contributed by atoms with Crippen LogP contribution in [0.1, 0.15) is 88.2 Å². The monoisotopic (exact) mass is 459 g/mol. The topological polar surface area (TPSA) is 38.7 Å². The van der Waals surface area contributed by atoms with Crippen LogP contribution in [0.5, 0.6) is 0 Å². The summed E-state index contributed by atoms with van der Waals surface area (Å²) in [5.41, 5.74) is 5.52. The molecule has 4 unspecified atom stereocenters. The maximum atomic E-state index is 12.7. The summed E-state index contributed by atoms with van der Waals surface area (Å²) in [4.78, 5) is 17.7. The van der Waals surface area contributed by atoms with E-state index in [1.165, 1.54) is 60.9 Å². The van der Waals surface area contributed by atoms with Gasteiger partial charge in [-0.1, -0.05) is 49.8 Å². The molecular weight excluding hydrogens is 418 g/mol. The standard InChI is InChI=1S/C31H41NO2/c1-22-21-32-31(30-11-3-2-10-29(22)30)27-9-5-8-26(20-27)25-7-4-6-24(18-25)19-28(33)13-12-23-14-16-34-17-15-23/h3-4,6-7,11,18,21-23,26-27,29H,2,5,8-10,12-17,19-20H2,1H3. The number of allylic oxidation sites excluding steroid dienone is 4. The molecule has 182 valence electrons. The molecule has 34 heavy (non-hydrogen) atoms. The van der Waals surface area contributed by atoms with Gasteiger partial charge in [-0.25, -0.2) is 0 Å². The first-order valence-electron chi connectivity index (χ1n) is 13.8. The molecule has 4 aliphatic rings. The molecule has 0 radical (unpaired) electrons. The summed E-state index contributed by atoms with van der Waals surface area (Å²) in [6.45, 7) is 4.05. The van der Waals surface area contributed by atoms with Gasteiger partial charge in [0.25, 0.3) is 0 Å². The fourth-order valence-electron chi connectivity index (χ4n) is 6.72. The van der Waals surface area contributed by atoms with Crippen LogP contribution in [0.4, 0.5) is 0 Å². The highest BCUT2D eigenvalue weighted by atomic mass is 16.5. The van der Waals surface area contributed by atoms with Crippen LogP contribution in [0.25, 0.3) is 0 Å². The molecule has 0 bridgehead atoms. The van der Waals surface area contributed by atoms with E-state index in [9.17, 15) is 4.79 Å². The lowest BCUT2D eigenvalue weighted by molar-refractivity contribution is -0.118. The summed E-state index contributed by atoms with van der Waals surface area (Å²) in [7, 11) is 0. The summed E-state index contributed by atoms with van der Waals surface area (Å²) >= 11 is 0. The van der Waals surface area contributed by atoms with Crippen molar-refractivity contribution in [1.29, 1.82) is 0 Å². The Bertz CT molecular complexity index is 952. The Labute approximate surface area is 205 Å². The lowest BCUT2D eigenvalue weighted by Gasteiger charge is -2.36. The predicted molar refractivity (Wildman–Crippen MR) is 139 cm³/mol. The van der Waals surface area contributed by atoms with Crippen LogP contribution in [-0.2, 0) is 16.0 Å². The molecule has 0 N–H and O–H groups in total. The van der Waals surface area contributed by atoms with Gasteiger partial charge in [-0.3, -0.25) is 9.79 Å². The Morgan fingerprint density at radius 1 is 1.09 bits per heavy atom. The highest BCUT2D eigenvalue weighted by Gasteiger charge is 2.33. The highest BCUT2D eigenvalue weighted by molar-refractivity contribution is 5.80. The van der Waals surface area contributed by atoms with Crippen molar-refractivity contribution in [3.8, 4) is 0 Å². The Balaban J connectivity index is 1.22. The Hall–Kier alpha value is -2.00. The van der Waals surface area contributed by atoms with Crippen molar-refractivity contribution in [2.24, 2.45) is 28.7 Å². The predicted octanol–water partition coefficient (Wildman–Crippen LogP) is 7.22. The van der Waals surface area contributed by atoms with Crippen molar-refractivity contribution in [2.75, 3.05) is 13.2 Å². The van der Waals surface area contributed by atoms with Crippen molar-refractivity contribution in [3.63, 3.8) is 0 Å². The minimum Gasteiger partial charge on any atom is -0.381 e. The highest BCUT2D eigenvalue weighted by Crippen LogP contribution is 2.45. The van der Waals surface area contributed by atoms with Gasteiger partial charge in [0.2, 0.25) is 0 Å². The normalized spacial score (nSPS) is 29.8. The zero-order valence-electron chi connectivity index (χ0n) is 20.9. The SMILES string of the molecule is CC1C=NC(C2CCCC(c3cccc(CC(=O)CCC4CCOCC4)c3)C2)=C2C=CCCC21. The van der Waals surface area contributed by atoms with Crippen LogP contribution in [0.15, 0.2) is 52.7 Å². The van der Waals surface area contributed by atoms with Crippen LogP contribution in [0, 0.1) is 23.7 Å². The third-order valence-electron chi connectivity index (χ3n) is 8.78. The second-order valence-corrected chi connectivity index (χ2v) is 11.2. The molecule has 3 nitrogen and oxygen atoms in total. The minimum atomic E-state index is 0.387. The summed E-state index contributed by atoms with van der Waals surface area (Å²) in [6.07, 6.45) is 18.9. The molecule has 2 aliphatic heterocycles. The quantitative estimate of drug-likeness (QED) is 0.432. The average molecular weight is 460 g/mol. The molecule has 2 heterocycles. The number of hydrogen-bond donors (Lipinski definition) is 0. The van der Waals surface area contributed by atoms with Crippen molar-refractivity contribution < 1.29 is 9.53 Å².